The molecular formula is C67H98N22O20S2. The van der Waals surface area contributed by atoms with E-state index in [-0.39, 0.29) is 43.6 Å². The number of esters is 1. The zero-order valence-electron chi connectivity index (χ0n) is 61.9. The fraction of sp³-hybridized carbons (Fsp3) is 0.537. The van der Waals surface area contributed by atoms with Crippen LogP contribution in [-0.2, 0) is 101 Å². The minimum atomic E-state index is -2.17. The van der Waals surface area contributed by atoms with Crippen molar-refractivity contribution < 1.29 is 96.8 Å². The van der Waals surface area contributed by atoms with Crippen molar-refractivity contribution in [2.45, 2.75) is 191 Å². The van der Waals surface area contributed by atoms with Gasteiger partial charge in [0.05, 0.1) is 37.8 Å². The Hall–Kier alpha value is -11.4. The average molecular weight is 1600 g/mol. The number of rotatable bonds is 26. The molecule has 26 N–H and O–H groups in total. The first-order chi connectivity index (χ1) is 52.5. The molecule has 44 heteroatoms. The van der Waals surface area contributed by atoms with Crippen molar-refractivity contribution >= 4 is 133 Å². The maximum Gasteiger partial charge on any atom is 0.332 e. The van der Waals surface area contributed by atoms with Crippen LogP contribution in [0.5, 0.6) is 0 Å². The van der Waals surface area contributed by atoms with Crippen molar-refractivity contribution in [3.05, 3.63) is 72.5 Å². The Morgan fingerprint density at radius 3 is 1.79 bits per heavy atom. The molecule has 0 aliphatic carbocycles. The van der Waals surface area contributed by atoms with Gasteiger partial charge >= 0.3 is 11.9 Å². The summed E-state index contributed by atoms with van der Waals surface area (Å²) >= 11 is 0. The Labute approximate surface area is 643 Å². The number of nitrogens with two attached hydrogens (primary N) is 3. The van der Waals surface area contributed by atoms with Gasteiger partial charge in [-0.2, -0.15) is 0 Å². The number of imidazole rings is 2. The molecule has 0 bridgehead atoms. The van der Waals surface area contributed by atoms with Gasteiger partial charge in [-0.25, -0.2) is 14.8 Å². The molecule has 14 amide bonds. The van der Waals surface area contributed by atoms with Crippen LogP contribution in [0.1, 0.15) is 104 Å². The van der Waals surface area contributed by atoms with Crippen molar-refractivity contribution in [3.8, 4) is 0 Å². The van der Waals surface area contributed by atoms with E-state index in [2.05, 4.69) is 94.0 Å². The number of cyclic esters (lactones) is 1. The number of aliphatic hydroxyl groups is 2. The lowest BCUT2D eigenvalue weighted by atomic mass is 9.98. The first-order valence-electron chi connectivity index (χ1n) is 35.2. The lowest BCUT2D eigenvalue weighted by Crippen LogP contribution is -2.61. The highest BCUT2D eigenvalue weighted by Gasteiger charge is 2.40. The summed E-state index contributed by atoms with van der Waals surface area (Å²) in [5, 5.41) is 72.0. The van der Waals surface area contributed by atoms with Gasteiger partial charge in [0.1, 0.15) is 60.4 Å². The Balaban J connectivity index is 1.67. The third-order valence-electron chi connectivity index (χ3n) is 17.3. The number of aliphatic hydroxyl groups excluding tert-OH is 2. The van der Waals surface area contributed by atoms with Gasteiger partial charge in [0.25, 0.3) is 5.91 Å². The molecule has 4 heterocycles. The van der Waals surface area contributed by atoms with E-state index in [0.29, 0.717) is 22.9 Å². The smallest absolute Gasteiger partial charge is 0.332 e. The van der Waals surface area contributed by atoms with Crippen molar-refractivity contribution in [3.63, 3.8) is 0 Å². The van der Waals surface area contributed by atoms with Gasteiger partial charge in [0.2, 0.25) is 76.8 Å². The Morgan fingerprint density at radius 2 is 1.23 bits per heavy atom. The first kappa shape index (κ1) is 90.2. The molecule has 608 valence electrons. The number of guanidine groups is 1. The Bertz CT molecular complexity index is 3940. The topological polar surface area (TPSA) is 674 Å². The van der Waals surface area contributed by atoms with Crippen LogP contribution >= 0.6 is 21.6 Å². The summed E-state index contributed by atoms with van der Waals surface area (Å²) in [6.45, 7) is 8.55. The summed E-state index contributed by atoms with van der Waals surface area (Å²) in [5.41, 5.74) is 18.0. The number of carbonyl (C=O) groups excluding carboxylic acids is 15. The number of carboxylic acids is 1. The standard InChI is InChI=1S/C67H98N22O20S2/c1-8-31(4)52(79-34(7)92)65(107)86-46-27-111-110-26-45(62(104)88-53(32(5)90)55(69)97)85-57(99)40(14-11-17-74-67(70)71)81-59(101)43(20-37-24-73-29-78-37)83-58(100)42(19-36-23-72-28-77-36)80-49(94)25-76-56(98)41(18-35-22-75-39-13-10-9-12-38(35)39)82-60(102)44(21-50(95)96)84-63(105)47(15-16-48(68)93)109-66(108)54(33(6)91)89-64(106)51(30(2)3)87-61(46)103/h9-10,12-13,22-24,28-33,40-47,51-54,75,90-91H,8,11,14-21,25-27H2,1-7H3,(H2,68,93)(H2,69,97)(H,72,77)(H,73,78)(H,76,98)(H,79,92)(H,80,94)(H,81,101)(H,82,102)(H,83,100)(H,84,105)(H,85,99)(H,86,107)(H,87,103)(H,88,104)(H,89,106)(H,95,96)(H4,70,71,74)/t31-,32+,33+,40-,41-,42-,43-,44-,45-,46-,47-,51-,52-,53-,54-/m0/s1. The van der Waals surface area contributed by atoms with Gasteiger partial charge in [-0.15, -0.1) is 0 Å². The molecule has 111 heavy (non-hydrogen) atoms. The van der Waals surface area contributed by atoms with Crippen molar-refractivity contribution in [1.82, 2.24) is 94.0 Å². The number of benzene rings is 1. The van der Waals surface area contributed by atoms with Crippen LogP contribution in [0.2, 0.25) is 0 Å². The SMILES string of the molecule is CC[C@H](C)[C@H](NC(C)=O)C(=O)N[C@H]1CSSC[C@@H](C(=O)N[C@H](C(N)=O)[C@@H](C)O)NC(=O)[C@H](CCCNC(=N)N)NC(=O)[C@H](Cc2cnc[nH]2)NC(=O)[C@H](Cc2cnc[nH]2)NC(=O)CNC(=O)[C@H](Cc2c[nH]c3ccccc23)NC(=O)[C@H](CC(=O)O)NC(=O)[C@H](CCC(N)=O)OC(=O)[C@H]([C@@H](C)O)NC(=O)[C@H](C(C)C)NC1=O. The highest BCUT2D eigenvalue weighted by Crippen LogP contribution is 2.25. The van der Waals surface area contributed by atoms with E-state index in [4.69, 9.17) is 27.3 Å². The van der Waals surface area contributed by atoms with E-state index in [9.17, 15) is 92.0 Å². The van der Waals surface area contributed by atoms with Gasteiger partial charge in [0, 0.05) is 98.0 Å². The number of nitrogens with one attached hydrogen (secondary N) is 17. The maximum atomic E-state index is 14.9. The van der Waals surface area contributed by atoms with Crippen LogP contribution in [0.4, 0.5) is 0 Å². The largest absolute Gasteiger partial charge is 0.481 e. The van der Waals surface area contributed by atoms with Crippen LogP contribution < -0.4 is 86.3 Å². The second kappa shape index (κ2) is 44.3. The molecule has 3 aromatic heterocycles. The zero-order chi connectivity index (χ0) is 82.3. The summed E-state index contributed by atoms with van der Waals surface area (Å²) < 4.78 is 5.51. The predicted molar refractivity (Wildman–Crippen MR) is 398 cm³/mol. The Kier molecular flexibility index (Phi) is 36.0. The highest BCUT2D eigenvalue weighted by molar-refractivity contribution is 8.76. The van der Waals surface area contributed by atoms with Crippen LogP contribution in [0, 0.1) is 17.2 Å². The number of carboxylic acid groups (broad SMARTS) is 1. The van der Waals surface area contributed by atoms with Gasteiger partial charge in [-0.1, -0.05) is 73.9 Å². The molecule has 1 saturated heterocycles. The predicted octanol–water partition coefficient (Wildman–Crippen LogP) is -6.63. The van der Waals surface area contributed by atoms with E-state index < -0.39 is 241 Å². The molecule has 4 aromatic rings. The molecule has 0 unspecified atom stereocenters. The number of carbonyl (C=O) groups is 16. The van der Waals surface area contributed by atoms with Crippen molar-refractivity contribution in [1.29, 1.82) is 5.41 Å². The van der Waals surface area contributed by atoms with Gasteiger partial charge in [0.15, 0.2) is 18.1 Å². The third-order valence-corrected chi connectivity index (χ3v) is 19.7. The molecule has 0 radical (unpaired) electrons. The van der Waals surface area contributed by atoms with Gasteiger partial charge in [-0.3, -0.25) is 77.3 Å². The number of amides is 14. The fourth-order valence-electron chi connectivity index (χ4n) is 11.1. The number of para-hydroxylation sites is 1. The molecule has 1 aromatic carbocycles. The molecule has 1 aliphatic rings. The molecule has 1 fully saturated rings. The number of nitrogens with zero attached hydrogens (tertiary/aromatic N) is 2. The molecule has 0 saturated carbocycles. The number of hydrogen-bond donors (Lipinski definition) is 23. The van der Waals surface area contributed by atoms with Crippen LogP contribution in [0.25, 0.3) is 10.9 Å². The maximum absolute atomic E-state index is 14.9. The van der Waals surface area contributed by atoms with E-state index >= 15 is 0 Å². The van der Waals surface area contributed by atoms with E-state index in [1.54, 1.807) is 38.1 Å². The number of ether oxygens (including phenoxy) is 1. The molecule has 42 nitrogen and oxygen atoms in total. The fourth-order valence-corrected chi connectivity index (χ4v) is 13.4. The number of aromatic nitrogens is 5. The summed E-state index contributed by atoms with van der Waals surface area (Å²) in [4.78, 5) is 241. The van der Waals surface area contributed by atoms with Crippen molar-refractivity contribution in [2.75, 3.05) is 24.6 Å². The van der Waals surface area contributed by atoms with Gasteiger partial charge in [-0.05, 0) is 50.2 Å². The molecule has 5 rings (SSSR count). The summed E-state index contributed by atoms with van der Waals surface area (Å²) in [7, 11) is 1.56. The number of aliphatic carboxylic acids is 1. The molecule has 0 spiro atoms. The van der Waals surface area contributed by atoms with E-state index in [0.717, 1.165) is 42.4 Å². The third kappa shape index (κ3) is 29.5. The number of fused-ring (bicyclic) bond motifs is 1. The van der Waals surface area contributed by atoms with Crippen LogP contribution in [-0.4, -0.2) is 250 Å². The van der Waals surface area contributed by atoms with Gasteiger partial charge < -0.3 is 121 Å². The van der Waals surface area contributed by atoms with E-state index in [1.807, 2.05) is 0 Å². The minimum absolute atomic E-state index is 0.0285. The lowest BCUT2D eigenvalue weighted by Gasteiger charge is -2.30. The number of hydrogen-bond acceptors (Lipinski definition) is 24. The lowest BCUT2D eigenvalue weighted by molar-refractivity contribution is -0.162. The summed E-state index contributed by atoms with van der Waals surface area (Å²) in [5.74, 6) is -21.5. The quantitative estimate of drug-likeness (QED) is 0.00914. The first-order valence-corrected chi connectivity index (χ1v) is 37.7. The molecular weight excluding hydrogens is 1500 g/mol. The Morgan fingerprint density at radius 1 is 0.658 bits per heavy atom. The van der Waals surface area contributed by atoms with Crippen LogP contribution in [0.3, 0.4) is 0 Å². The molecule has 15 atom stereocenters. The summed E-state index contributed by atoms with van der Waals surface area (Å²) in [6.07, 6.45) is -2.83. The normalized spacial score (nSPS) is 23.1. The zero-order valence-corrected chi connectivity index (χ0v) is 63.5. The average Bonchev–Trinajstić information content (AvgIpc) is 1.72. The molecule has 1 aliphatic heterocycles. The van der Waals surface area contributed by atoms with E-state index in [1.165, 1.54) is 45.1 Å². The number of H-pyrrole nitrogens is 3. The highest BCUT2D eigenvalue weighted by atomic mass is 33.1. The summed E-state index contributed by atoms with van der Waals surface area (Å²) in [6, 6.07) is -12.4. The van der Waals surface area contributed by atoms with Crippen LogP contribution in [0.15, 0.2) is 55.5 Å². The van der Waals surface area contributed by atoms with Crippen molar-refractivity contribution in [2.24, 2.45) is 29.0 Å². The monoisotopic (exact) mass is 1590 g/mol. The number of aromatic amines is 3. The second-order valence-corrected chi connectivity index (χ2v) is 29.1. The second-order valence-electron chi connectivity index (χ2n) is 26.6. The number of primary amides is 2. The minimum Gasteiger partial charge on any atom is -0.481 e.